The molecule has 0 spiro atoms. The predicted molar refractivity (Wildman–Crippen MR) is 100 cm³/mol. The molecule has 0 saturated carbocycles. The van der Waals surface area contributed by atoms with Gasteiger partial charge in [0.2, 0.25) is 5.91 Å². The molecule has 0 unspecified atom stereocenters. The summed E-state index contributed by atoms with van der Waals surface area (Å²) in [5, 5.41) is -0.292. The third-order valence-corrected chi connectivity index (χ3v) is 5.85. The maximum absolute atomic E-state index is 13.2. The van der Waals surface area contributed by atoms with Crippen LogP contribution in [0.3, 0.4) is 0 Å². The van der Waals surface area contributed by atoms with Gasteiger partial charge in [-0.05, 0) is 42.5 Å². The fraction of sp³-hybridized carbons (Fsp3) is 0.278. The summed E-state index contributed by atoms with van der Waals surface area (Å²) >= 11 is 5.63. The number of carbonyl (C=O) groups is 1. The minimum Gasteiger partial charge on any atom is -0.379 e. The van der Waals surface area contributed by atoms with Crippen LogP contribution in [0.2, 0.25) is 5.02 Å². The van der Waals surface area contributed by atoms with Crippen molar-refractivity contribution in [2.24, 2.45) is 0 Å². The van der Waals surface area contributed by atoms with Crippen molar-refractivity contribution in [2.45, 2.75) is 11.8 Å². The van der Waals surface area contributed by atoms with E-state index in [0.29, 0.717) is 26.2 Å². The van der Waals surface area contributed by atoms with Gasteiger partial charge in [0, 0.05) is 38.8 Å². The van der Waals surface area contributed by atoms with Crippen LogP contribution >= 0.6 is 11.6 Å². The van der Waals surface area contributed by atoms with Gasteiger partial charge in [0.25, 0.3) is 0 Å². The number of piperazine rings is 1. The van der Waals surface area contributed by atoms with E-state index in [1.54, 1.807) is 36.1 Å². The molecule has 1 amide bonds. The zero-order chi connectivity index (χ0) is 19.6. The summed E-state index contributed by atoms with van der Waals surface area (Å²) in [6.07, 6.45) is 0. The fourth-order valence-corrected chi connectivity index (χ4v) is 4.00. The Morgan fingerprint density at radius 2 is 1.70 bits per heavy atom. The molecule has 0 atom stereocenters. The van der Waals surface area contributed by atoms with E-state index in [9.17, 15) is 17.6 Å². The highest BCUT2D eigenvalue weighted by Gasteiger charge is 2.20. The summed E-state index contributed by atoms with van der Waals surface area (Å²) in [7, 11) is -4.12. The second-order valence-corrected chi connectivity index (χ2v) is 8.05. The maximum Gasteiger partial charge on any atom is 0.339 e. The standard InChI is InChI=1S/C18H18ClFN2O4S/c1-13(23)21-8-10-22(11-9-21)14-2-4-15(5-3-14)26-27(24,25)16-6-7-18(20)17(19)12-16/h2-7,12H,8-11H2,1H3. The highest BCUT2D eigenvalue weighted by molar-refractivity contribution is 7.87. The molecular formula is C18H18ClFN2O4S. The smallest absolute Gasteiger partial charge is 0.339 e. The molecule has 6 nitrogen and oxygen atoms in total. The van der Waals surface area contributed by atoms with Crippen LogP contribution in [-0.4, -0.2) is 45.4 Å². The van der Waals surface area contributed by atoms with E-state index < -0.39 is 15.9 Å². The van der Waals surface area contributed by atoms with Crippen LogP contribution < -0.4 is 9.08 Å². The Labute approximate surface area is 162 Å². The molecule has 0 N–H and O–H groups in total. The number of anilines is 1. The van der Waals surface area contributed by atoms with Gasteiger partial charge in [-0.1, -0.05) is 11.6 Å². The highest BCUT2D eigenvalue weighted by Crippen LogP contribution is 2.25. The minimum absolute atomic E-state index is 0.0597. The van der Waals surface area contributed by atoms with Gasteiger partial charge in [-0.3, -0.25) is 4.79 Å². The number of halogens is 2. The first-order chi connectivity index (χ1) is 12.8. The number of hydrogen-bond acceptors (Lipinski definition) is 5. The van der Waals surface area contributed by atoms with Crippen LogP contribution in [0.15, 0.2) is 47.4 Å². The van der Waals surface area contributed by atoms with Crippen LogP contribution in [0.5, 0.6) is 5.75 Å². The van der Waals surface area contributed by atoms with Crippen molar-refractivity contribution < 1.29 is 21.8 Å². The van der Waals surface area contributed by atoms with Gasteiger partial charge in [0.1, 0.15) is 16.5 Å². The molecule has 2 aromatic rings. The SMILES string of the molecule is CC(=O)N1CCN(c2ccc(OS(=O)(=O)c3ccc(F)c(Cl)c3)cc2)CC1. The molecule has 0 aromatic heterocycles. The summed E-state index contributed by atoms with van der Waals surface area (Å²) in [4.78, 5) is 15.1. The Morgan fingerprint density at radius 1 is 1.07 bits per heavy atom. The van der Waals surface area contributed by atoms with Crippen LogP contribution in [0.1, 0.15) is 6.92 Å². The molecule has 1 fully saturated rings. The van der Waals surface area contributed by atoms with Crippen molar-refractivity contribution in [2.75, 3.05) is 31.1 Å². The third-order valence-electron chi connectivity index (χ3n) is 4.31. The Bertz CT molecular complexity index is 942. The third kappa shape index (κ3) is 4.51. The summed E-state index contributed by atoms with van der Waals surface area (Å²) in [5.41, 5.74) is 0.910. The molecular weight excluding hydrogens is 395 g/mol. The van der Waals surface area contributed by atoms with Gasteiger partial charge in [0.05, 0.1) is 5.02 Å². The zero-order valence-electron chi connectivity index (χ0n) is 14.6. The molecule has 27 heavy (non-hydrogen) atoms. The Balaban J connectivity index is 1.68. The molecule has 3 rings (SSSR count). The van der Waals surface area contributed by atoms with Crippen molar-refractivity contribution in [1.29, 1.82) is 0 Å². The Kier molecular flexibility index (Phi) is 5.57. The molecule has 0 aliphatic carbocycles. The number of carbonyl (C=O) groups excluding carboxylic acids is 1. The summed E-state index contributed by atoms with van der Waals surface area (Å²) in [5.74, 6) is -0.504. The van der Waals surface area contributed by atoms with E-state index in [1.165, 1.54) is 0 Å². The quantitative estimate of drug-likeness (QED) is 0.722. The molecule has 1 aliphatic rings. The van der Waals surface area contributed by atoms with Crippen molar-refractivity contribution in [3.05, 3.63) is 53.3 Å². The number of nitrogens with zero attached hydrogens (tertiary/aromatic N) is 2. The van der Waals surface area contributed by atoms with Crippen LogP contribution in [-0.2, 0) is 14.9 Å². The first kappa shape index (κ1) is 19.4. The van der Waals surface area contributed by atoms with E-state index in [4.69, 9.17) is 15.8 Å². The van der Waals surface area contributed by atoms with Gasteiger partial charge in [0.15, 0.2) is 0 Å². The second-order valence-electron chi connectivity index (χ2n) is 6.10. The summed E-state index contributed by atoms with van der Waals surface area (Å²) in [6.45, 7) is 4.25. The number of benzene rings is 2. The molecule has 1 heterocycles. The van der Waals surface area contributed by atoms with E-state index in [2.05, 4.69) is 4.90 Å². The van der Waals surface area contributed by atoms with E-state index in [1.807, 2.05) is 0 Å². The van der Waals surface area contributed by atoms with E-state index in [0.717, 1.165) is 23.9 Å². The van der Waals surface area contributed by atoms with Crippen molar-refractivity contribution in [3.8, 4) is 5.75 Å². The summed E-state index contributed by atoms with van der Waals surface area (Å²) < 4.78 is 42.9. The summed E-state index contributed by atoms with van der Waals surface area (Å²) in [6, 6.07) is 9.69. The Morgan fingerprint density at radius 3 is 2.26 bits per heavy atom. The number of hydrogen-bond donors (Lipinski definition) is 0. The number of amides is 1. The van der Waals surface area contributed by atoms with Crippen molar-refractivity contribution in [3.63, 3.8) is 0 Å². The highest BCUT2D eigenvalue weighted by atomic mass is 35.5. The van der Waals surface area contributed by atoms with Gasteiger partial charge in [-0.25, -0.2) is 4.39 Å². The minimum atomic E-state index is -4.12. The van der Waals surface area contributed by atoms with Crippen molar-refractivity contribution in [1.82, 2.24) is 4.90 Å². The van der Waals surface area contributed by atoms with E-state index >= 15 is 0 Å². The molecule has 1 aliphatic heterocycles. The second kappa shape index (κ2) is 7.74. The maximum atomic E-state index is 13.2. The largest absolute Gasteiger partial charge is 0.379 e. The fourth-order valence-electron chi connectivity index (χ4n) is 2.80. The lowest BCUT2D eigenvalue weighted by Gasteiger charge is -2.35. The molecule has 1 saturated heterocycles. The molecule has 0 bridgehead atoms. The van der Waals surface area contributed by atoms with Crippen molar-refractivity contribution >= 4 is 33.3 Å². The lowest BCUT2D eigenvalue weighted by molar-refractivity contribution is -0.129. The average Bonchev–Trinajstić information content (AvgIpc) is 2.64. The molecule has 144 valence electrons. The van der Waals surface area contributed by atoms with Gasteiger partial charge >= 0.3 is 10.1 Å². The number of rotatable bonds is 4. The average molecular weight is 413 g/mol. The van der Waals surface area contributed by atoms with Crippen LogP contribution in [0.4, 0.5) is 10.1 Å². The molecule has 2 aromatic carbocycles. The van der Waals surface area contributed by atoms with Gasteiger partial charge < -0.3 is 14.0 Å². The van der Waals surface area contributed by atoms with Gasteiger partial charge in [-0.15, -0.1) is 0 Å². The topological polar surface area (TPSA) is 66.9 Å². The monoisotopic (exact) mass is 412 g/mol. The van der Waals surface area contributed by atoms with Gasteiger partial charge in [-0.2, -0.15) is 8.42 Å². The first-order valence-corrected chi connectivity index (χ1v) is 10.0. The lowest BCUT2D eigenvalue weighted by Crippen LogP contribution is -2.48. The zero-order valence-corrected chi connectivity index (χ0v) is 16.1. The van der Waals surface area contributed by atoms with E-state index in [-0.39, 0.29) is 21.6 Å². The normalized spacial score (nSPS) is 14.9. The predicted octanol–water partition coefficient (Wildman–Crippen LogP) is 2.92. The van der Waals surface area contributed by atoms with Crippen LogP contribution in [0, 0.1) is 5.82 Å². The van der Waals surface area contributed by atoms with Crippen LogP contribution in [0.25, 0.3) is 0 Å². The first-order valence-electron chi connectivity index (χ1n) is 8.26. The molecule has 9 heteroatoms. The lowest BCUT2D eigenvalue weighted by atomic mass is 10.2. The Hall–Kier alpha value is -2.32. The molecule has 0 radical (unpaired) electrons.